The molecule has 0 saturated carbocycles. The van der Waals surface area contributed by atoms with Crippen molar-refractivity contribution in [1.29, 1.82) is 0 Å². The number of anilines is 2. The van der Waals surface area contributed by atoms with Gasteiger partial charge in [0.15, 0.2) is 0 Å². The lowest BCUT2D eigenvalue weighted by molar-refractivity contribution is 0.101. The lowest BCUT2D eigenvalue weighted by Gasteiger charge is -2.17. The average molecular weight is 453 g/mol. The summed E-state index contributed by atoms with van der Waals surface area (Å²) in [6.07, 6.45) is 3.41. The van der Waals surface area contributed by atoms with Crippen molar-refractivity contribution in [1.82, 2.24) is 9.97 Å². The summed E-state index contributed by atoms with van der Waals surface area (Å²) in [6.45, 7) is 4.44. The number of rotatable bonds is 4. The first-order valence-corrected chi connectivity index (χ1v) is 11.2. The fourth-order valence-electron chi connectivity index (χ4n) is 4.00. The van der Waals surface area contributed by atoms with E-state index < -0.39 is 0 Å². The van der Waals surface area contributed by atoms with Gasteiger partial charge in [0.25, 0.3) is 11.8 Å². The van der Waals surface area contributed by atoms with E-state index in [9.17, 15) is 9.59 Å². The quantitative estimate of drug-likeness (QED) is 0.451. The molecule has 0 fully saturated rings. The minimum Gasteiger partial charge on any atom is -0.493 e. The molecule has 1 aliphatic rings. The van der Waals surface area contributed by atoms with Crippen molar-refractivity contribution in [2.75, 3.05) is 17.2 Å². The van der Waals surface area contributed by atoms with E-state index >= 15 is 0 Å². The Morgan fingerprint density at radius 1 is 0.912 bits per heavy atom. The molecule has 1 aliphatic heterocycles. The number of aryl methyl sites for hydroxylation is 3. The highest BCUT2D eigenvalue weighted by molar-refractivity contribution is 6.07. The zero-order valence-corrected chi connectivity index (χ0v) is 19.0. The Labute approximate surface area is 197 Å². The molecule has 2 amide bonds. The number of amides is 2. The zero-order valence-electron chi connectivity index (χ0n) is 19.0. The van der Waals surface area contributed by atoms with Crippen molar-refractivity contribution in [3.8, 4) is 5.75 Å². The van der Waals surface area contributed by atoms with E-state index in [2.05, 4.69) is 20.6 Å². The molecule has 7 nitrogen and oxygen atoms in total. The van der Waals surface area contributed by atoms with E-state index in [1.165, 1.54) is 0 Å². The van der Waals surface area contributed by atoms with E-state index in [0.29, 0.717) is 34.8 Å². The van der Waals surface area contributed by atoms with Gasteiger partial charge in [-0.3, -0.25) is 19.6 Å². The maximum atomic E-state index is 12.9. The molecule has 0 aliphatic carbocycles. The molecule has 2 aromatic heterocycles. The van der Waals surface area contributed by atoms with Crippen molar-refractivity contribution in [2.45, 2.75) is 26.7 Å². The predicted molar refractivity (Wildman–Crippen MR) is 132 cm³/mol. The molecule has 34 heavy (non-hydrogen) atoms. The summed E-state index contributed by atoms with van der Waals surface area (Å²) in [5.41, 5.74) is 5.55. The Kier molecular flexibility index (Phi) is 5.67. The molecule has 0 spiro atoms. The number of carbonyl (C=O) groups excluding carboxylic acids is 2. The van der Waals surface area contributed by atoms with Crippen LogP contribution in [-0.4, -0.2) is 28.4 Å². The highest BCUT2D eigenvalue weighted by atomic mass is 16.5. The molecule has 3 heterocycles. The van der Waals surface area contributed by atoms with Gasteiger partial charge in [-0.2, -0.15) is 0 Å². The van der Waals surface area contributed by atoms with Crippen molar-refractivity contribution in [3.05, 3.63) is 88.9 Å². The van der Waals surface area contributed by atoms with Crippen LogP contribution in [-0.2, 0) is 6.42 Å². The van der Waals surface area contributed by atoms with Crippen molar-refractivity contribution in [3.63, 3.8) is 0 Å². The van der Waals surface area contributed by atoms with Crippen molar-refractivity contribution in [2.24, 2.45) is 0 Å². The number of hydrogen-bond acceptors (Lipinski definition) is 5. The third kappa shape index (κ3) is 4.45. The van der Waals surface area contributed by atoms with Gasteiger partial charge >= 0.3 is 0 Å². The lowest BCUT2D eigenvalue weighted by atomic mass is 10.0. The van der Waals surface area contributed by atoms with Gasteiger partial charge < -0.3 is 15.4 Å². The Morgan fingerprint density at radius 2 is 1.71 bits per heavy atom. The van der Waals surface area contributed by atoms with Gasteiger partial charge in [-0.15, -0.1) is 0 Å². The summed E-state index contributed by atoms with van der Waals surface area (Å²) in [5, 5.41) is 6.67. The first-order valence-electron chi connectivity index (χ1n) is 11.2. The summed E-state index contributed by atoms with van der Waals surface area (Å²) in [7, 11) is 0. The van der Waals surface area contributed by atoms with Gasteiger partial charge in [0.2, 0.25) is 0 Å². The molecule has 0 unspecified atom stereocenters. The van der Waals surface area contributed by atoms with Crippen LogP contribution in [0.2, 0.25) is 0 Å². The van der Waals surface area contributed by atoms with E-state index in [1.54, 1.807) is 31.3 Å². The first-order chi connectivity index (χ1) is 16.5. The Bertz CT molecular complexity index is 1430. The number of benzene rings is 2. The fraction of sp³-hybridized carbons (Fsp3) is 0.185. The van der Waals surface area contributed by atoms with Crippen LogP contribution >= 0.6 is 0 Å². The van der Waals surface area contributed by atoms with E-state index in [1.807, 2.05) is 43.3 Å². The largest absolute Gasteiger partial charge is 0.493 e. The Hall–Kier alpha value is -4.26. The third-order valence-electron chi connectivity index (χ3n) is 5.85. The standard InChI is InChI=1S/C27H24N4O3/c1-16-5-6-18-12-20(7-9-23(18)29-16)27(33)31-24-14-22(15-28-17(24)2)30-26(32)21-8-10-25-19(13-21)4-3-11-34-25/h5-10,12-15H,3-4,11H2,1-2H3,(H,30,32)(H,31,33). The van der Waals surface area contributed by atoms with Crippen LogP contribution in [0.5, 0.6) is 5.75 Å². The van der Waals surface area contributed by atoms with Gasteiger partial charge in [-0.25, -0.2) is 0 Å². The summed E-state index contributed by atoms with van der Waals surface area (Å²) in [4.78, 5) is 34.5. The number of fused-ring (bicyclic) bond motifs is 2. The third-order valence-corrected chi connectivity index (χ3v) is 5.85. The highest BCUT2D eigenvalue weighted by Crippen LogP contribution is 2.26. The predicted octanol–water partition coefficient (Wildman–Crippen LogP) is 5.08. The minimum atomic E-state index is -0.259. The summed E-state index contributed by atoms with van der Waals surface area (Å²) < 4.78 is 5.62. The molecule has 0 bridgehead atoms. The van der Waals surface area contributed by atoms with Crippen LogP contribution in [0.3, 0.4) is 0 Å². The maximum Gasteiger partial charge on any atom is 0.255 e. The molecule has 0 radical (unpaired) electrons. The first kappa shape index (κ1) is 21.6. The lowest BCUT2D eigenvalue weighted by Crippen LogP contribution is -2.16. The number of nitrogens with one attached hydrogen (secondary N) is 2. The van der Waals surface area contributed by atoms with E-state index in [0.717, 1.165) is 40.8 Å². The second-order valence-electron chi connectivity index (χ2n) is 8.40. The smallest absolute Gasteiger partial charge is 0.255 e. The SMILES string of the molecule is Cc1ccc2cc(C(=O)Nc3cc(NC(=O)c4ccc5c(c4)CCCO5)cnc3C)ccc2n1. The van der Waals surface area contributed by atoms with Gasteiger partial charge in [-0.05, 0) is 80.8 Å². The molecular formula is C27H24N4O3. The number of aromatic nitrogens is 2. The topological polar surface area (TPSA) is 93.2 Å². The van der Waals surface area contributed by atoms with Crippen LogP contribution in [0.25, 0.3) is 10.9 Å². The zero-order chi connectivity index (χ0) is 23.7. The summed E-state index contributed by atoms with van der Waals surface area (Å²) in [5.74, 6) is 0.337. The van der Waals surface area contributed by atoms with Crippen LogP contribution < -0.4 is 15.4 Å². The molecule has 7 heteroatoms. The Balaban J connectivity index is 1.33. The van der Waals surface area contributed by atoms with Crippen LogP contribution in [0, 0.1) is 13.8 Å². The normalized spacial score (nSPS) is 12.5. The molecular weight excluding hydrogens is 428 g/mol. The van der Waals surface area contributed by atoms with Crippen molar-refractivity contribution < 1.29 is 14.3 Å². The Morgan fingerprint density at radius 3 is 2.59 bits per heavy atom. The monoisotopic (exact) mass is 452 g/mol. The number of pyridine rings is 2. The molecule has 0 atom stereocenters. The minimum absolute atomic E-state index is 0.242. The number of ether oxygens (including phenoxy) is 1. The highest BCUT2D eigenvalue weighted by Gasteiger charge is 2.15. The molecule has 2 N–H and O–H groups in total. The molecule has 0 saturated heterocycles. The average Bonchev–Trinajstić information content (AvgIpc) is 2.85. The molecule has 5 rings (SSSR count). The number of hydrogen-bond donors (Lipinski definition) is 2. The van der Waals surface area contributed by atoms with Crippen LogP contribution in [0.15, 0.2) is 60.8 Å². The van der Waals surface area contributed by atoms with Crippen LogP contribution in [0.1, 0.15) is 44.1 Å². The number of carbonyl (C=O) groups is 2. The van der Waals surface area contributed by atoms with Gasteiger partial charge in [0, 0.05) is 22.2 Å². The molecule has 4 aromatic rings. The van der Waals surface area contributed by atoms with Gasteiger partial charge in [0.05, 0.1) is 35.4 Å². The number of nitrogens with zero attached hydrogens (tertiary/aromatic N) is 2. The summed E-state index contributed by atoms with van der Waals surface area (Å²) in [6, 6.07) is 16.4. The molecule has 170 valence electrons. The molecule has 2 aromatic carbocycles. The van der Waals surface area contributed by atoms with Gasteiger partial charge in [0.1, 0.15) is 5.75 Å². The fourth-order valence-corrected chi connectivity index (χ4v) is 4.00. The van der Waals surface area contributed by atoms with Crippen molar-refractivity contribution >= 4 is 34.1 Å². The summed E-state index contributed by atoms with van der Waals surface area (Å²) >= 11 is 0. The van der Waals surface area contributed by atoms with E-state index in [4.69, 9.17) is 4.74 Å². The van der Waals surface area contributed by atoms with Crippen LogP contribution in [0.4, 0.5) is 11.4 Å². The maximum absolute atomic E-state index is 12.9. The van der Waals surface area contributed by atoms with Gasteiger partial charge in [-0.1, -0.05) is 6.07 Å². The second kappa shape index (κ2) is 8.94. The second-order valence-corrected chi connectivity index (χ2v) is 8.40. The van der Waals surface area contributed by atoms with E-state index in [-0.39, 0.29) is 11.8 Å².